The Hall–Kier alpha value is -1.53. The van der Waals surface area contributed by atoms with Gasteiger partial charge >= 0.3 is 0 Å². The Labute approximate surface area is 126 Å². The molecule has 1 heterocycles. The van der Waals surface area contributed by atoms with Crippen molar-refractivity contribution in [1.29, 1.82) is 0 Å². The van der Waals surface area contributed by atoms with E-state index in [1.54, 1.807) is 0 Å². The first-order valence-electron chi connectivity index (χ1n) is 6.88. The molecular formula is C15H18F2N2OS. The zero-order valence-corrected chi connectivity index (χ0v) is 12.7. The Morgan fingerprint density at radius 3 is 2.57 bits per heavy atom. The molecule has 2 N–H and O–H groups in total. The molecule has 0 radical (unpaired) electrons. The maximum Gasteiger partial charge on any atom is 0.191 e. The van der Waals surface area contributed by atoms with Gasteiger partial charge in [-0.1, -0.05) is 6.92 Å². The fourth-order valence-corrected chi connectivity index (χ4v) is 2.84. The minimum Gasteiger partial charge on any atom is -0.481 e. The smallest absolute Gasteiger partial charge is 0.191 e. The largest absolute Gasteiger partial charge is 0.481 e. The quantitative estimate of drug-likeness (QED) is 0.852. The topological polar surface area (TPSA) is 48.1 Å². The molecule has 0 aliphatic carbocycles. The summed E-state index contributed by atoms with van der Waals surface area (Å²) in [6, 6.07) is 2.52. The predicted molar refractivity (Wildman–Crippen MR) is 79.6 cm³/mol. The molecule has 21 heavy (non-hydrogen) atoms. The van der Waals surface area contributed by atoms with E-state index in [2.05, 4.69) is 11.9 Å². The van der Waals surface area contributed by atoms with Gasteiger partial charge in [-0.2, -0.15) is 0 Å². The van der Waals surface area contributed by atoms with Crippen LogP contribution in [0.2, 0.25) is 0 Å². The summed E-state index contributed by atoms with van der Waals surface area (Å²) >= 11 is 1.53. The van der Waals surface area contributed by atoms with Gasteiger partial charge in [-0.25, -0.2) is 13.8 Å². The van der Waals surface area contributed by atoms with E-state index in [0.29, 0.717) is 24.2 Å². The van der Waals surface area contributed by atoms with Crippen molar-refractivity contribution < 1.29 is 13.5 Å². The second-order valence-corrected chi connectivity index (χ2v) is 5.64. The Kier molecular flexibility index (Phi) is 5.64. The Morgan fingerprint density at radius 2 is 1.95 bits per heavy atom. The third-order valence-corrected chi connectivity index (χ3v) is 3.88. The van der Waals surface area contributed by atoms with Crippen LogP contribution in [0.15, 0.2) is 17.5 Å². The van der Waals surface area contributed by atoms with Gasteiger partial charge in [0, 0.05) is 5.38 Å². The van der Waals surface area contributed by atoms with Crippen LogP contribution in [0.4, 0.5) is 8.78 Å². The highest BCUT2D eigenvalue weighted by Crippen LogP contribution is 2.25. The van der Waals surface area contributed by atoms with Crippen LogP contribution in [0.1, 0.15) is 29.6 Å². The number of rotatable bonds is 7. The van der Waals surface area contributed by atoms with Gasteiger partial charge in [0.05, 0.1) is 10.7 Å². The Morgan fingerprint density at radius 1 is 1.24 bits per heavy atom. The standard InChI is InChI=1S/C15H18F2N2OS/c1-2-3-14-19-11(9-21-14)8-20-15-12(16)6-10(4-5-18)7-13(15)17/h6-7,9H,2-5,8,18H2,1H3. The van der Waals surface area contributed by atoms with Crippen molar-refractivity contribution in [1.82, 2.24) is 4.98 Å². The van der Waals surface area contributed by atoms with Gasteiger partial charge in [0.1, 0.15) is 6.61 Å². The molecule has 0 saturated heterocycles. The van der Waals surface area contributed by atoms with Gasteiger partial charge in [0.15, 0.2) is 17.4 Å². The second-order valence-electron chi connectivity index (χ2n) is 4.70. The molecule has 6 heteroatoms. The monoisotopic (exact) mass is 312 g/mol. The lowest BCUT2D eigenvalue weighted by molar-refractivity contribution is 0.270. The summed E-state index contributed by atoms with van der Waals surface area (Å²) in [6.45, 7) is 2.48. The van der Waals surface area contributed by atoms with E-state index in [-0.39, 0.29) is 12.4 Å². The zero-order valence-electron chi connectivity index (χ0n) is 11.9. The molecule has 0 aliphatic rings. The molecule has 0 amide bonds. The lowest BCUT2D eigenvalue weighted by Gasteiger charge is -2.09. The predicted octanol–water partition coefficient (Wildman–Crippen LogP) is 3.45. The fourth-order valence-electron chi connectivity index (χ4n) is 1.95. The van der Waals surface area contributed by atoms with E-state index < -0.39 is 11.6 Å². The van der Waals surface area contributed by atoms with Crippen molar-refractivity contribution >= 4 is 11.3 Å². The SMILES string of the molecule is CCCc1nc(COc2c(F)cc(CCN)cc2F)cs1. The molecule has 2 rings (SSSR count). The highest BCUT2D eigenvalue weighted by Gasteiger charge is 2.13. The fraction of sp³-hybridized carbons (Fsp3) is 0.400. The highest BCUT2D eigenvalue weighted by atomic mass is 32.1. The van der Waals surface area contributed by atoms with E-state index >= 15 is 0 Å². The van der Waals surface area contributed by atoms with Crippen LogP contribution < -0.4 is 10.5 Å². The summed E-state index contributed by atoms with van der Waals surface area (Å²) in [6.07, 6.45) is 2.35. The van der Waals surface area contributed by atoms with Crippen LogP contribution in [0.3, 0.4) is 0 Å². The molecule has 1 aromatic carbocycles. The first-order chi connectivity index (χ1) is 10.1. The second kappa shape index (κ2) is 7.47. The molecule has 0 spiro atoms. The van der Waals surface area contributed by atoms with Crippen molar-refractivity contribution in [3.63, 3.8) is 0 Å². The van der Waals surface area contributed by atoms with Crippen LogP contribution in [-0.2, 0) is 19.4 Å². The Bertz CT molecular complexity index is 578. The van der Waals surface area contributed by atoms with Crippen molar-refractivity contribution in [2.75, 3.05) is 6.54 Å². The first kappa shape index (κ1) is 15.9. The summed E-state index contributed by atoms with van der Waals surface area (Å²) in [7, 11) is 0. The number of hydrogen-bond donors (Lipinski definition) is 1. The van der Waals surface area contributed by atoms with Gasteiger partial charge < -0.3 is 10.5 Å². The number of nitrogens with zero attached hydrogens (tertiary/aromatic N) is 1. The third-order valence-electron chi connectivity index (χ3n) is 2.92. The molecule has 2 aromatic rings. The summed E-state index contributed by atoms with van der Waals surface area (Å²) in [5, 5.41) is 2.86. The number of benzene rings is 1. The number of nitrogens with two attached hydrogens (primary N) is 1. The van der Waals surface area contributed by atoms with E-state index in [1.807, 2.05) is 5.38 Å². The average molecular weight is 312 g/mol. The maximum atomic E-state index is 13.8. The van der Waals surface area contributed by atoms with E-state index in [4.69, 9.17) is 10.5 Å². The number of aromatic nitrogens is 1. The van der Waals surface area contributed by atoms with E-state index in [0.717, 1.165) is 17.8 Å². The minimum atomic E-state index is -0.706. The maximum absolute atomic E-state index is 13.8. The first-order valence-corrected chi connectivity index (χ1v) is 7.76. The zero-order chi connectivity index (χ0) is 15.2. The van der Waals surface area contributed by atoms with Gasteiger partial charge in [-0.15, -0.1) is 11.3 Å². The summed E-state index contributed by atoms with van der Waals surface area (Å²) < 4.78 is 32.9. The number of hydrogen-bond acceptors (Lipinski definition) is 4. The van der Waals surface area contributed by atoms with E-state index in [9.17, 15) is 8.78 Å². The number of thiazole rings is 1. The molecule has 114 valence electrons. The van der Waals surface area contributed by atoms with Crippen molar-refractivity contribution in [2.24, 2.45) is 5.73 Å². The number of halogens is 2. The van der Waals surface area contributed by atoms with Crippen LogP contribution in [-0.4, -0.2) is 11.5 Å². The molecule has 0 fully saturated rings. The molecule has 1 aromatic heterocycles. The number of aryl methyl sites for hydroxylation is 1. The lowest BCUT2D eigenvalue weighted by Crippen LogP contribution is -2.05. The molecule has 0 unspecified atom stereocenters. The van der Waals surface area contributed by atoms with Crippen molar-refractivity contribution in [3.05, 3.63) is 45.4 Å². The minimum absolute atomic E-state index is 0.0598. The molecule has 3 nitrogen and oxygen atoms in total. The summed E-state index contributed by atoms with van der Waals surface area (Å²) in [5.74, 6) is -1.77. The van der Waals surface area contributed by atoms with Crippen LogP contribution in [0.25, 0.3) is 0 Å². The normalized spacial score (nSPS) is 10.9. The van der Waals surface area contributed by atoms with Crippen LogP contribution in [0.5, 0.6) is 5.75 Å². The molecule has 0 aliphatic heterocycles. The highest BCUT2D eigenvalue weighted by molar-refractivity contribution is 7.09. The lowest BCUT2D eigenvalue weighted by atomic mass is 10.1. The van der Waals surface area contributed by atoms with Gasteiger partial charge in [-0.3, -0.25) is 0 Å². The average Bonchev–Trinajstić information content (AvgIpc) is 2.86. The molecule has 0 atom stereocenters. The van der Waals surface area contributed by atoms with E-state index in [1.165, 1.54) is 23.5 Å². The van der Waals surface area contributed by atoms with Gasteiger partial charge in [0.25, 0.3) is 0 Å². The summed E-state index contributed by atoms with van der Waals surface area (Å²) in [5.41, 5.74) is 6.59. The van der Waals surface area contributed by atoms with Gasteiger partial charge in [0.2, 0.25) is 0 Å². The van der Waals surface area contributed by atoms with Crippen LogP contribution >= 0.6 is 11.3 Å². The molecule has 0 bridgehead atoms. The molecular weight excluding hydrogens is 294 g/mol. The third kappa shape index (κ3) is 4.22. The van der Waals surface area contributed by atoms with Crippen molar-refractivity contribution in [2.45, 2.75) is 32.8 Å². The number of ether oxygens (including phenoxy) is 1. The van der Waals surface area contributed by atoms with Crippen molar-refractivity contribution in [3.8, 4) is 5.75 Å². The molecule has 0 saturated carbocycles. The van der Waals surface area contributed by atoms with Crippen LogP contribution in [0, 0.1) is 11.6 Å². The Balaban J connectivity index is 2.05. The van der Waals surface area contributed by atoms with Gasteiger partial charge in [-0.05, 0) is 43.5 Å². The summed E-state index contributed by atoms with van der Waals surface area (Å²) in [4.78, 5) is 4.35.